The Balaban J connectivity index is 1.70. The third kappa shape index (κ3) is 5.74. The maximum absolute atomic E-state index is 9.66. The number of nitrogens with zero attached hydrogens (tertiary/aromatic N) is 1. The standard InChI is InChI=1S/C21H37NO2/c1-3-5-7-9-18-15-23-20(24-16-18)19-10-13-21(17-22,14-11-19)12-8-6-4-2/h18-20H,3-16H2,1-2H3/t18?,19-,20?,21+. The fourth-order valence-electron chi connectivity index (χ4n) is 4.28. The summed E-state index contributed by atoms with van der Waals surface area (Å²) in [5.41, 5.74) is -0.0664. The number of ether oxygens (including phenoxy) is 2. The van der Waals surface area contributed by atoms with Gasteiger partial charge in [0, 0.05) is 11.8 Å². The van der Waals surface area contributed by atoms with Gasteiger partial charge in [-0.2, -0.15) is 5.26 Å². The van der Waals surface area contributed by atoms with Gasteiger partial charge in [-0.1, -0.05) is 52.4 Å². The molecular weight excluding hydrogens is 298 g/mol. The minimum absolute atomic E-state index is 0.0141. The maximum atomic E-state index is 9.66. The Morgan fingerprint density at radius 3 is 2.17 bits per heavy atom. The summed E-state index contributed by atoms with van der Waals surface area (Å²) in [5, 5.41) is 9.66. The van der Waals surface area contributed by atoms with Crippen LogP contribution >= 0.6 is 0 Å². The van der Waals surface area contributed by atoms with Gasteiger partial charge < -0.3 is 9.47 Å². The molecule has 1 aliphatic carbocycles. The SMILES string of the molecule is CCCCCC1COC([C@H]2CC[C@](C#N)(CCCCC)CC2)OC1. The van der Waals surface area contributed by atoms with Crippen molar-refractivity contribution in [3.8, 4) is 6.07 Å². The molecular formula is C21H37NO2. The Morgan fingerprint density at radius 2 is 1.58 bits per heavy atom. The zero-order valence-electron chi connectivity index (χ0n) is 15.9. The van der Waals surface area contributed by atoms with E-state index < -0.39 is 0 Å². The molecule has 0 N–H and O–H groups in total. The summed E-state index contributed by atoms with van der Waals surface area (Å²) in [6, 6.07) is 2.65. The molecule has 0 aromatic carbocycles. The predicted octanol–water partition coefficient (Wildman–Crippen LogP) is 5.84. The maximum Gasteiger partial charge on any atom is 0.160 e. The van der Waals surface area contributed by atoms with E-state index in [0.29, 0.717) is 11.8 Å². The Kier molecular flexibility index (Phi) is 8.56. The van der Waals surface area contributed by atoms with E-state index in [1.165, 1.54) is 44.9 Å². The molecule has 0 bridgehead atoms. The monoisotopic (exact) mass is 335 g/mol. The topological polar surface area (TPSA) is 42.2 Å². The summed E-state index contributed by atoms with van der Waals surface area (Å²) in [6.07, 6.45) is 14.1. The van der Waals surface area contributed by atoms with Crippen molar-refractivity contribution in [2.24, 2.45) is 17.3 Å². The highest BCUT2D eigenvalue weighted by atomic mass is 16.7. The highest BCUT2D eigenvalue weighted by Gasteiger charge is 2.39. The highest BCUT2D eigenvalue weighted by molar-refractivity contribution is 5.01. The summed E-state index contributed by atoms with van der Waals surface area (Å²) in [5.74, 6) is 1.08. The van der Waals surface area contributed by atoms with Crippen molar-refractivity contribution in [1.29, 1.82) is 5.26 Å². The average Bonchev–Trinajstić information content (AvgIpc) is 2.63. The smallest absolute Gasteiger partial charge is 0.160 e. The minimum atomic E-state index is -0.0664. The molecule has 3 heteroatoms. The van der Waals surface area contributed by atoms with Crippen LogP contribution in [0.4, 0.5) is 0 Å². The molecule has 138 valence electrons. The van der Waals surface area contributed by atoms with Gasteiger partial charge >= 0.3 is 0 Å². The molecule has 0 aromatic heterocycles. The van der Waals surface area contributed by atoms with Crippen molar-refractivity contribution in [2.75, 3.05) is 13.2 Å². The molecule has 0 amide bonds. The Hall–Kier alpha value is -0.590. The molecule has 2 rings (SSSR count). The Morgan fingerprint density at radius 1 is 0.958 bits per heavy atom. The lowest BCUT2D eigenvalue weighted by atomic mass is 9.68. The van der Waals surface area contributed by atoms with Gasteiger partial charge in [0.05, 0.1) is 24.7 Å². The van der Waals surface area contributed by atoms with Crippen LogP contribution < -0.4 is 0 Å². The summed E-state index contributed by atoms with van der Waals surface area (Å²) in [6.45, 7) is 6.20. The molecule has 1 heterocycles. The first-order valence-electron chi connectivity index (χ1n) is 10.4. The summed E-state index contributed by atoms with van der Waals surface area (Å²) < 4.78 is 12.1. The van der Waals surface area contributed by atoms with Crippen LogP contribution in [0, 0.1) is 28.6 Å². The molecule has 2 fully saturated rings. The third-order valence-electron chi connectivity index (χ3n) is 6.08. The molecule has 0 unspecified atom stereocenters. The van der Waals surface area contributed by atoms with Gasteiger partial charge in [0.2, 0.25) is 0 Å². The van der Waals surface area contributed by atoms with Crippen LogP contribution in [0.25, 0.3) is 0 Å². The number of unbranched alkanes of at least 4 members (excludes halogenated alkanes) is 4. The predicted molar refractivity (Wildman–Crippen MR) is 97.5 cm³/mol. The molecule has 0 radical (unpaired) electrons. The zero-order valence-corrected chi connectivity index (χ0v) is 15.9. The van der Waals surface area contributed by atoms with Crippen molar-refractivity contribution in [3.63, 3.8) is 0 Å². The molecule has 3 nitrogen and oxygen atoms in total. The average molecular weight is 336 g/mol. The van der Waals surface area contributed by atoms with E-state index in [1.807, 2.05) is 0 Å². The van der Waals surface area contributed by atoms with Crippen LogP contribution in [0.15, 0.2) is 0 Å². The van der Waals surface area contributed by atoms with Crippen LogP contribution in [0.3, 0.4) is 0 Å². The van der Waals surface area contributed by atoms with Gasteiger partial charge in [0.25, 0.3) is 0 Å². The summed E-state index contributed by atoms with van der Waals surface area (Å²) >= 11 is 0. The minimum Gasteiger partial charge on any atom is -0.352 e. The van der Waals surface area contributed by atoms with E-state index >= 15 is 0 Å². The lowest BCUT2D eigenvalue weighted by molar-refractivity contribution is -0.231. The van der Waals surface area contributed by atoms with Gasteiger partial charge in [-0.3, -0.25) is 0 Å². The van der Waals surface area contributed by atoms with Gasteiger partial charge in [-0.15, -0.1) is 0 Å². The van der Waals surface area contributed by atoms with Crippen LogP contribution in [0.2, 0.25) is 0 Å². The van der Waals surface area contributed by atoms with Crippen molar-refractivity contribution in [3.05, 3.63) is 0 Å². The van der Waals surface area contributed by atoms with Crippen molar-refractivity contribution in [1.82, 2.24) is 0 Å². The molecule has 24 heavy (non-hydrogen) atoms. The Labute approximate surface area is 149 Å². The van der Waals surface area contributed by atoms with Crippen LogP contribution in [-0.4, -0.2) is 19.5 Å². The van der Waals surface area contributed by atoms with Crippen LogP contribution in [0.5, 0.6) is 0 Å². The van der Waals surface area contributed by atoms with E-state index in [1.54, 1.807) is 0 Å². The first kappa shape index (κ1) is 19.7. The van der Waals surface area contributed by atoms with Crippen molar-refractivity contribution in [2.45, 2.75) is 97.2 Å². The number of nitriles is 1. The van der Waals surface area contributed by atoms with E-state index in [-0.39, 0.29) is 11.7 Å². The lowest BCUT2D eigenvalue weighted by Gasteiger charge is -2.40. The number of rotatable bonds is 9. The molecule has 1 aliphatic heterocycles. The quantitative estimate of drug-likeness (QED) is 0.497. The lowest BCUT2D eigenvalue weighted by Crippen LogP contribution is -2.40. The van der Waals surface area contributed by atoms with Crippen molar-refractivity contribution >= 4 is 0 Å². The van der Waals surface area contributed by atoms with Crippen LogP contribution in [-0.2, 0) is 9.47 Å². The largest absolute Gasteiger partial charge is 0.352 e. The molecule has 0 atom stereocenters. The fourth-order valence-corrected chi connectivity index (χ4v) is 4.28. The van der Waals surface area contributed by atoms with Gasteiger partial charge in [0.1, 0.15) is 0 Å². The second kappa shape index (κ2) is 10.4. The molecule has 2 aliphatic rings. The van der Waals surface area contributed by atoms with Crippen LogP contribution in [0.1, 0.15) is 90.9 Å². The van der Waals surface area contributed by atoms with E-state index in [4.69, 9.17) is 9.47 Å². The number of hydrogen-bond acceptors (Lipinski definition) is 3. The van der Waals surface area contributed by atoms with Gasteiger partial charge in [-0.05, 0) is 38.5 Å². The molecule has 1 saturated carbocycles. The van der Waals surface area contributed by atoms with E-state index in [9.17, 15) is 5.26 Å². The molecule has 0 spiro atoms. The zero-order chi connectivity index (χ0) is 17.3. The molecule has 1 saturated heterocycles. The number of hydrogen-bond donors (Lipinski definition) is 0. The third-order valence-corrected chi connectivity index (χ3v) is 6.08. The first-order valence-corrected chi connectivity index (χ1v) is 10.4. The summed E-state index contributed by atoms with van der Waals surface area (Å²) in [7, 11) is 0. The first-order chi connectivity index (χ1) is 11.7. The summed E-state index contributed by atoms with van der Waals surface area (Å²) in [4.78, 5) is 0. The normalized spacial score (nSPS) is 34.0. The Bertz CT molecular complexity index is 374. The van der Waals surface area contributed by atoms with Gasteiger partial charge in [0.15, 0.2) is 6.29 Å². The van der Waals surface area contributed by atoms with Crippen molar-refractivity contribution < 1.29 is 9.47 Å². The van der Waals surface area contributed by atoms with E-state index in [0.717, 1.165) is 45.3 Å². The van der Waals surface area contributed by atoms with Gasteiger partial charge in [-0.25, -0.2) is 0 Å². The fraction of sp³-hybridized carbons (Fsp3) is 0.952. The molecule has 0 aromatic rings. The van der Waals surface area contributed by atoms with E-state index in [2.05, 4.69) is 19.9 Å². The highest BCUT2D eigenvalue weighted by Crippen LogP contribution is 2.44. The second-order valence-corrected chi connectivity index (χ2v) is 8.08. The second-order valence-electron chi connectivity index (χ2n) is 8.08.